The van der Waals surface area contributed by atoms with Gasteiger partial charge in [0.2, 0.25) is 0 Å². The van der Waals surface area contributed by atoms with Crippen molar-refractivity contribution < 1.29 is 0 Å². The molecule has 0 spiro atoms. The van der Waals surface area contributed by atoms with Crippen molar-refractivity contribution in [1.29, 1.82) is 5.26 Å². The van der Waals surface area contributed by atoms with Gasteiger partial charge in [-0.3, -0.25) is 0 Å². The van der Waals surface area contributed by atoms with E-state index < -0.39 is 0 Å². The monoisotopic (exact) mass is 223 g/mol. The molecule has 1 rings (SSSR count). The molecular formula is C13H25N3. The smallest absolute Gasteiger partial charge is 0.0635 e. The van der Waals surface area contributed by atoms with Gasteiger partial charge in [-0.15, -0.1) is 0 Å². The van der Waals surface area contributed by atoms with E-state index in [1.165, 1.54) is 0 Å². The molecule has 16 heavy (non-hydrogen) atoms. The Kier molecular flexibility index (Phi) is 3.66. The van der Waals surface area contributed by atoms with Gasteiger partial charge in [-0.05, 0) is 47.5 Å². The summed E-state index contributed by atoms with van der Waals surface area (Å²) < 4.78 is 0. The molecule has 1 fully saturated rings. The van der Waals surface area contributed by atoms with E-state index in [0.717, 1.165) is 19.4 Å². The summed E-state index contributed by atoms with van der Waals surface area (Å²) in [6, 6.07) is 2.19. The zero-order valence-electron chi connectivity index (χ0n) is 11.3. The number of rotatable bonds is 3. The van der Waals surface area contributed by atoms with Crippen LogP contribution in [0.4, 0.5) is 0 Å². The summed E-state index contributed by atoms with van der Waals surface area (Å²) in [4.78, 5) is 0. The molecule has 1 aliphatic rings. The topological polar surface area (TPSA) is 47.9 Å². The van der Waals surface area contributed by atoms with E-state index in [4.69, 9.17) is 5.26 Å². The van der Waals surface area contributed by atoms with Gasteiger partial charge >= 0.3 is 0 Å². The average molecular weight is 223 g/mol. The highest BCUT2D eigenvalue weighted by molar-refractivity contribution is 5.06. The molecule has 1 aliphatic heterocycles. The van der Waals surface area contributed by atoms with Crippen LogP contribution >= 0.6 is 0 Å². The molecule has 0 bridgehead atoms. The molecule has 2 N–H and O–H groups in total. The Labute approximate surface area is 99.6 Å². The molecule has 3 nitrogen and oxygen atoms in total. The summed E-state index contributed by atoms with van der Waals surface area (Å²) in [5.74, 6) is 0. The van der Waals surface area contributed by atoms with Crippen molar-refractivity contribution in [2.75, 3.05) is 6.54 Å². The van der Waals surface area contributed by atoms with Crippen molar-refractivity contribution in [1.82, 2.24) is 10.6 Å². The van der Waals surface area contributed by atoms with Crippen LogP contribution in [0, 0.1) is 11.3 Å². The highest BCUT2D eigenvalue weighted by Gasteiger charge is 2.43. The predicted molar refractivity (Wildman–Crippen MR) is 67.2 cm³/mol. The first kappa shape index (κ1) is 13.5. The lowest BCUT2D eigenvalue weighted by molar-refractivity contribution is 0.0919. The maximum atomic E-state index is 8.58. The molecule has 0 aliphatic carbocycles. The van der Waals surface area contributed by atoms with Crippen molar-refractivity contribution in [3.05, 3.63) is 0 Å². The maximum Gasteiger partial charge on any atom is 0.0635 e. The van der Waals surface area contributed by atoms with Crippen LogP contribution < -0.4 is 10.6 Å². The van der Waals surface area contributed by atoms with Gasteiger partial charge in [-0.2, -0.15) is 5.26 Å². The van der Waals surface area contributed by atoms with Crippen LogP contribution in [0.5, 0.6) is 0 Å². The van der Waals surface area contributed by atoms with Gasteiger partial charge < -0.3 is 10.6 Å². The zero-order valence-corrected chi connectivity index (χ0v) is 11.3. The largest absolute Gasteiger partial charge is 0.310 e. The number of hydrogen-bond donors (Lipinski definition) is 2. The Morgan fingerprint density at radius 2 is 1.62 bits per heavy atom. The standard InChI is InChI=1S/C13H25N3/c1-11(2)9-13(5,15-8-6-7-14)10-12(3,4)16-11/h15-16H,6,8-10H2,1-5H3. The summed E-state index contributed by atoms with van der Waals surface area (Å²) in [5, 5.41) is 15.8. The van der Waals surface area contributed by atoms with Gasteiger partial charge in [0.25, 0.3) is 0 Å². The molecule has 0 atom stereocenters. The quantitative estimate of drug-likeness (QED) is 0.721. The van der Waals surface area contributed by atoms with Crippen LogP contribution in [0.2, 0.25) is 0 Å². The third-order valence-corrected chi connectivity index (χ3v) is 3.13. The SMILES string of the molecule is CC1(C)CC(C)(NCCC#N)CC(C)(C)N1. The number of hydrogen-bond acceptors (Lipinski definition) is 3. The average Bonchev–Trinajstić information content (AvgIpc) is 1.96. The number of piperidine rings is 1. The fourth-order valence-corrected chi connectivity index (χ4v) is 3.56. The fraction of sp³-hybridized carbons (Fsp3) is 0.923. The Balaban J connectivity index is 2.68. The molecule has 0 aromatic rings. The first-order chi connectivity index (χ1) is 7.18. The van der Waals surface area contributed by atoms with E-state index >= 15 is 0 Å². The summed E-state index contributed by atoms with van der Waals surface area (Å²) >= 11 is 0. The lowest BCUT2D eigenvalue weighted by Crippen LogP contribution is -2.66. The predicted octanol–water partition coefficient (Wildman–Crippen LogP) is 2.19. The van der Waals surface area contributed by atoms with Gasteiger partial charge in [-0.25, -0.2) is 0 Å². The second-order valence-electron chi connectivity index (χ2n) is 6.64. The second-order valence-corrected chi connectivity index (χ2v) is 6.64. The van der Waals surface area contributed by atoms with E-state index in [2.05, 4.69) is 51.3 Å². The summed E-state index contributed by atoms with van der Waals surface area (Å²) in [7, 11) is 0. The molecule has 3 heteroatoms. The molecule has 0 radical (unpaired) electrons. The van der Waals surface area contributed by atoms with Crippen LogP contribution in [0.3, 0.4) is 0 Å². The van der Waals surface area contributed by atoms with Crippen LogP contribution in [-0.2, 0) is 0 Å². The van der Waals surface area contributed by atoms with E-state index in [1.807, 2.05) is 0 Å². The second kappa shape index (κ2) is 4.35. The Morgan fingerprint density at radius 3 is 2.06 bits per heavy atom. The van der Waals surface area contributed by atoms with Crippen LogP contribution in [0.25, 0.3) is 0 Å². The van der Waals surface area contributed by atoms with Crippen LogP contribution in [0.15, 0.2) is 0 Å². The minimum atomic E-state index is 0.134. The lowest BCUT2D eigenvalue weighted by atomic mass is 9.72. The number of nitrogens with zero attached hydrogens (tertiary/aromatic N) is 1. The van der Waals surface area contributed by atoms with Gasteiger partial charge in [0.15, 0.2) is 0 Å². The van der Waals surface area contributed by atoms with Crippen molar-refractivity contribution in [3.63, 3.8) is 0 Å². The molecule has 0 unspecified atom stereocenters. The van der Waals surface area contributed by atoms with Gasteiger partial charge in [-0.1, -0.05) is 0 Å². The maximum absolute atomic E-state index is 8.58. The zero-order chi connectivity index (χ0) is 12.4. The Bertz CT molecular complexity index is 270. The highest BCUT2D eigenvalue weighted by atomic mass is 15.1. The molecule has 92 valence electrons. The van der Waals surface area contributed by atoms with Crippen molar-refractivity contribution in [2.24, 2.45) is 0 Å². The summed E-state index contributed by atoms with van der Waals surface area (Å²) in [6.07, 6.45) is 2.77. The minimum Gasteiger partial charge on any atom is -0.310 e. The van der Waals surface area contributed by atoms with Gasteiger partial charge in [0.1, 0.15) is 0 Å². The number of nitriles is 1. The van der Waals surface area contributed by atoms with E-state index in [-0.39, 0.29) is 16.6 Å². The molecule has 0 aromatic carbocycles. The highest BCUT2D eigenvalue weighted by Crippen LogP contribution is 2.35. The van der Waals surface area contributed by atoms with Crippen molar-refractivity contribution >= 4 is 0 Å². The molecule has 0 saturated carbocycles. The fourth-order valence-electron chi connectivity index (χ4n) is 3.56. The third kappa shape index (κ3) is 3.77. The third-order valence-electron chi connectivity index (χ3n) is 3.13. The summed E-state index contributed by atoms with van der Waals surface area (Å²) in [6.45, 7) is 12.1. The van der Waals surface area contributed by atoms with Crippen LogP contribution in [0.1, 0.15) is 53.9 Å². The molecule has 1 saturated heterocycles. The first-order valence-electron chi connectivity index (χ1n) is 6.09. The van der Waals surface area contributed by atoms with Gasteiger partial charge in [0, 0.05) is 29.6 Å². The van der Waals surface area contributed by atoms with Crippen molar-refractivity contribution in [3.8, 4) is 6.07 Å². The Hall–Kier alpha value is -0.590. The first-order valence-corrected chi connectivity index (χ1v) is 6.09. The molecule has 0 amide bonds. The molecule has 0 aromatic heterocycles. The van der Waals surface area contributed by atoms with Gasteiger partial charge in [0.05, 0.1) is 6.07 Å². The van der Waals surface area contributed by atoms with Crippen molar-refractivity contribution in [2.45, 2.75) is 70.5 Å². The Morgan fingerprint density at radius 1 is 1.12 bits per heavy atom. The van der Waals surface area contributed by atoms with Crippen LogP contribution in [-0.4, -0.2) is 23.2 Å². The number of nitrogens with one attached hydrogen (secondary N) is 2. The minimum absolute atomic E-state index is 0.134. The van der Waals surface area contributed by atoms with E-state index in [1.54, 1.807) is 0 Å². The van der Waals surface area contributed by atoms with E-state index in [0.29, 0.717) is 6.42 Å². The molecule has 1 heterocycles. The normalized spacial score (nSPS) is 26.0. The van der Waals surface area contributed by atoms with E-state index in [9.17, 15) is 0 Å². The molecular weight excluding hydrogens is 198 g/mol. The summed E-state index contributed by atoms with van der Waals surface area (Å²) in [5.41, 5.74) is 0.432. The lowest BCUT2D eigenvalue weighted by Gasteiger charge is -2.52.